The van der Waals surface area contributed by atoms with Crippen LogP contribution in [0.2, 0.25) is 0 Å². The molecule has 31 heavy (non-hydrogen) atoms. The maximum absolute atomic E-state index is 12.8. The van der Waals surface area contributed by atoms with E-state index in [1.807, 2.05) is 18.2 Å². The van der Waals surface area contributed by atoms with Gasteiger partial charge in [0.05, 0.1) is 12.2 Å². The van der Waals surface area contributed by atoms with Gasteiger partial charge in [0.2, 0.25) is 0 Å². The Bertz CT molecular complexity index is 1110. The lowest BCUT2D eigenvalue weighted by Crippen LogP contribution is -2.50. The van der Waals surface area contributed by atoms with E-state index in [1.54, 1.807) is 60.7 Å². The predicted molar refractivity (Wildman–Crippen MR) is 114 cm³/mol. The van der Waals surface area contributed by atoms with Crippen molar-refractivity contribution in [2.24, 2.45) is 5.73 Å². The summed E-state index contributed by atoms with van der Waals surface area (Å²) in [5.41, 5.74) is 7.05. The molecule has 7 nitrogen and oxygen atoms in total. The van der Waals surface area contributed by atoms with Gasteiger partial charge in [-0.15, -0.1) is 0 Å². The third kappa shape index (κ3) is 4.40. The second-order valence-corrected chi connectivity index (χ2v) is 6.99. The zero-order chi connectivity index (χ0) is 21.8. The van der Waals surface area contributed by atoms with Crippen LogP contribution < -0.4 is 20.1 Å². The standard InChI is InChI=1S/C24H20N2O5/c25-24(29)21-14-26(19-8-4-5-9-20(19)31-21)22(27)15-30-18-12-10-17(11-13-18)23(28)16-6-2-1-3-7-16/h1-13,21H,14-15H2,(H2,25,29)/t21-/m1/s1. The summed E-state index contributed by atoms with van der Waals surface area (Å²) in [5, 5.41) is 0. The van der Waals surface area contributed by atoms with Crippen LogP contribution in [0.15, 0.2) is 78.9 Å². The Kier molecular flexibility index (Phi) is 5.66. The number of carbonyl (C=O) groups excluding carboxylic acids is 3. The number of amides is 2. The van der Waals surface area contributed by atoms with Gasteiger partial charge in [-0.25, -0.2) is 0 Å². The number of nitrogens with two attached hydrogens (primary N) is 1. The third-order valence-electron chi connectivity index (χ3n) is 4.91. The second-order valence-electron chi connectivity index (χ2n) is 6.99. The first kappa shape index (κ1) is 20.2. The SMILES string of the molecule is NC(=O)[C@H]1CN(C(=O)COc2ccc(C(=O)c3ccccc3)cc2)c2ccccc2O1. The van der Waals surface area contributed by atoms with Crippen LogP contribution in [0.4, 0.5) is 5.69 Å². The number of nitrogens with zero attached hydrogens (tertiary/aromatic N) is 1. The molecule has 0 saturated heterocycles. The van der Waals surface area contributed by atoms with Crippen LogP contribution in [-0.4, -0.2) is 36.9 Å². The molecule has 0 saturated carbocycles. The summed E-state index contributed by atoms with van der Waals surface area (Å²) in [7, 11) is 0. The summed E-state index contributed by atoms with van der Waals surface area (Å²) in [6, 6.07) is 22.5. The van der Waals surface area contributed by atoms with Crippen molar-refractivity contribution >= 4 is 23.3 Å². The lowest BCUT2D eigenvalue weighted by Gasteiger charge is -2.33. The molecular weight excluding hydrogens is 396 g/mol. The molecule has 3 aromatic carbocycles. The molecule has 0 bridgehead atoms. The number of hydrogen-bond donors (Lipinski definition) is 1. The highest BCUT2D eigenvalue weighted by Crippen LogP contribution is 2.33. The number of ketones is 1. The maximum Gasteiger partial charge on any atom is 0.265 e. The molecule has 0 spiro atoms. The smallest absolute Gasteiger partial charge is 0.265 e. The van der Waals surface area contributed by atoms with Crippen LogP contribution in [0.5, 0.6) is 11.5 Å². The zero-order valence-electron chi connectivity index (χ0n) is 16.6. The van der Waals surface area contributed by atoms with E-state index >= 15 is 0 Å². The Morgan fingerprint density at radius 1 is 0.903 bits per heavy atom. The largest absolute Gasteiger partial charge is 0.484 e. The maximum atomic E-state index is 12.8. The molecule has 0 aliphatic carbocycles. The number of primary amides is 1. The molecule has 3 aromatic rings. The van der Waals surface area contributed by atoms with Crippen LogP contribution in [0.25, 0.3) is 0 Å². The van der Waals surface area contributed by atoms with Crippen LogP contribution in [0.3, 0.4) is 0 Å². The second kappa shape index (κ2) is 8.71. The molecule has 156 valence electrons. The Labute approximate surface area is 179 Å². The predicted octanol–water partition coefficient (Wildman–Crippen LogP) is 2.58. The monoisotopic (exact) mass is 416 g/mol. The van der Waals surface area contributed by atoms with Gasteiger partial charge < -0.3 is 20.1 Å². The first-order valence-corrected chi connectivity index (χ1v) is 9.71. The highest BCUT2D eigenvalue weighted by molar-refractivity contribution is 6.09. The molecule has 4 rings (SSSR count). The number of fused-ring (bicyclic) bond motifs is 1. The first-order chi connectivity index (χ1) is 15.0. The fraction of sp³-hybridized carbons (Fsp3) is 0.125. The normalized spacial score (nSPS) is 14.8. The summed E-state index contributed by atoms with van der Waals surface area (Å²) < 4.78 is 11.2. The number of hydrogen-bond acceptors (Lipinski definition) is 5. The topological polar surface area (TPSA) is 98.9 Å². The van der Waals surface area contributed by atoms with Gasteiger partial charge in [0.1, 0.15) is 11.5 Å². The summed E-state index contributed by atoms with van der Waals surface area (Å²) in [6.45, 7) is -0.231. The van der Waals surface area contributed by atoms with E-state index in [2.05, 4.69) is 0 Å². The van der Waals surface area contributed by atoms with E-state index in [0.29, 0.717) is 28.3 Å². The van der Waals surface area contributed by atoms with Gasteiger partial charge in [0.25, 0.3) is 11.8 Å². The van der Waals surface area contributed by atoms with Crippen molar-refractivity contribution in [3.63, 3.8) is 0 Å². The highest BCUT2D eigenvalue weighted by Gasteiger charge is 2.32. The summed E-state index contributed by atoms with van der Waals surface area (Å²) >= 11 is 0. The van der Waals surface area contributed by atoms with Gasteiger partial charge in [-0.2, -0.15) is 0 Å². The lowest BCUT2D eigenvalue weighted by molar-refractivity contribution is -0.125. The van der Waals surface area contributed by atoms with Crippen LogP contribution in [-0.2, 0) is 9.59 Å². The van der Waals surface area contributed by atoms with E-state index < -0.39 is 12.0 Å². The van der Waals surface area contributed by atoms with E-state index in [1.165, 1.54) is 4.90 Å². The molecule has 1 atom stereocenters. The molecule has 0 radical (unpaired) electrons. The molecule has 0 unspecified atom stereocenters. The Morgan fingerprint density at radius 2 is 1.55 bits per heavy atom. The number of carbonyl (C=O) groups is 3. The molecule has 0 fully saturated rings. The number of ether oxygens (including phenoxy) is 2. The number of para-hydroxylation sites is 2. The number of anilines is 1. The van der Waals surface area contributed by atoms with Crippen LogP contribution >= 0.6 is 0 Å². The average molecular weight is 416 g/mol. The van der Waals surface area contributed by atoms with Crippen molar-refractivity contribution in [2.45, 2.75) is 6.10 Å². The molecule has 1 heterocycles. The number of benzene rings is 3. The fourth-order valence-corrected chi connectivity index (χ4v) is 3.30. The molecule has 2 amide bonds. The highest BCUT2D eigenvalue weighted by atomic mass is 16.5. The average Bonchev–Trinajstić information content (AvgIpc) is 2.82. The minimum Gasteiger partial charge on any atom is -0.484 e. The number of rotatable bonds is 6. The minimum atomic E-state index is -0.929. The van der Waals surface area contributed by atoms with Gasteiger partial charge in [-0.05, 0) is 36.4 Å². The molecule has 0 aromatic heterocycles. The van der Waals surface area contributed by atoms with Gasteiger partial charge >= 0.3 is 0 Å². The van der Waals surface area contributed by atoms with E-state index in [-0.39, 0.29) is 24.8 Å². The van der Waals surface area contributed by atoms with E-state index in [0.717, 1.165) is 0 Å². The summed E-state index contributed by atoms with van der Waals surface area (Å²) in [6.07, 6.45) is -0.929. The molecule has 2 N–H and O–H groups in total. The van der Waals surface area contributed by atoms with Gasteiger partial charge in [-0.1, -0.05) is 42.5 Å². The zero-order valence-corrected chi connectivity index (χ0v) is 16.6. The Morgan fingerprint density at radius 3 is 2.26 bits per heavy atom. The molecule has 1 aliphatic heterocycles. The molecule has 7 heteroatoms. The van der Waals surface area contributed by atoms with Crippen molar-refractivity contribution in [3.8, 4) is 11.5 Å². The minimum absolute atomic E-state index is 0.0130. The van der Waals surface area contributed by atoms with Crippen molar-refractivity contribution < 1.29 is 23.9 Å². The van der Waals surface area contributed by atoms with Gasteiger partial charge in [0, 0.05) is 11.1 Å². The van der Waals surface area contributed by atoms with Crippen LogP contribution in [0.1, 0.15) is 15.9 Å². The van der Waals surface area contributed by atoms with Crippen molar-refractivity contribution in [1.82, 2.24) is 0 Å². The summed E-state index contributed by atoms with van der Waals surface area (Å²) in [5.74, 6) is -0.218. The first-order valence-electron chi connectivity index (χ1n) is 9.71. The lowest BCUT2D eigenvalue weighted by atomic mass is 10.0. The molecular formula is C24H20N2O5. The van der Waals surface area contributed by atoms with Crippen LogP contribution in [0, 0.1) is 0 Å². The Hall–Kier alpha value is -4.13. The molecule has 1 aliphatic rings. The Balaban J connectivity index is 1.43. The van der Waals surface area contributed by atoms with E-state index in [4.69, 9.17) is 15.2 Å². The third-order valence-corrected chi connectivity index (χ3v) is 4.91. The quantitative estimate of drug-likeness (QED) is 0.623. The van der Waals surface area contributed by atoms with E-state index in [9.17, 15) is 14.4 Å². The summed E-state index contributed by atoms with van der Waals surface area (Å²) in [4.78, 5) is 38.3. The van der Waals surface area contributed by atoms with Gasteiger partial charge in [0.15, 0.2) is 18.5 Å². The van der Waals surface area contributed by atoms with Gasteiger partial charge in [-0.3, -0.25) is 14.4 Å². The fourth-order valence-electron chi connectivity index (χ4n) is 3.30. The van der Waals surface area contributed by atoms with Crippen molar-refractivity contribution in [3.05, 3.63) is 90.0 Å². The van der Waals surface area contributed by atoms with Crippen molar-refractivity contribution in [1.29, 1.82) is 0 Å². The van der Waals surface area contributed by atoms with Crippen molar-refractivity contribution in [2.75, 3.05) is 18.1 Å².